The smallest absolute Gasteiger partial charge is 0.341 e. The Morgan fingerprint density at radius 2 is 1.84 bits per heavy atom. The number of fused-ring (bicyclic) bond motifs is 1. The molecule has 0 atom stereocenters. The Morgan fingerprint density at radius 3 is 2.47 bits per heavy atom. The summed E-state index contributed by atoms with van der Waals surface area (Å²) in [5, 5.41) is 0. The predicted octanol–water partition coefficient (Wildman–Crippen LogP) is 2.02. The van der Waals surface area contributed by atoms with E-state index in [1.54, 1.807) is 4.40 Å². The van der Waals surface area contributed by atoms with Crippen LogP contribution >= 0.6 is 0 Å². The maximum absolute atomic E-state index is 12.1. The predicted molar refractivity (Wildman–Crippen MR) is 76.8 cm³/mol. The molecule has 0 aliphatic carbocycles. The summed E-state index contributed by atoms with van der Waals surface area (Å²) in [5.41, 5.74) is 1.26. The molecule has 0 amide bonds. The second kappa shape index (κ2) is 5.82. The van der Waals surface area contributed by atoms with Crippen LogP contribution in [0.25, 0.3) is 5.65 Å². The lowest BCUT2D eigenvalue weighted by molar-refractivity contribution is 0.712. The van der Waals surface area contributed by atoms with Crippen LogP contribution in [-0.4, -0.2) is 27.5 Å². The van der Waals surface area contributed by atoms with Gasteiger partial charge in [-0.3, -0.25) is 0 Å². The van der Waals surface area contributed by atoms with Crippen LogP contribution in [0.2, 0.25) is 0 Å². The molecule has 0 fully saturated rings. The standard InChI is InChI=1S/C14H20N4O/c1-4-9-17(10-5-2)13-15-12-8-6-7-11(3)18(12)14(19)16-13/h6-8H,4-5,9-10H2,1-3H3. The Kier molecular flexibility index (Phi) is 4.14. The first kappa shape index (κ1) is 13.5. The highest BCUT2D eigenvalue weighted by Gasteiger charge is 2.11. The van der Waals surface area contributed by atoms with Crippen molar-refractivity contribution in [3.05, 3.63) is 34.4 Å². The van der Waals surface area contributed by atoms with Crippen LogP contribution in [0.5, 0.6) is 0 Å². The molecule has 0 radical (unpaired) electrons. The van der Waals surface area contributed by atoms with E-state index in [4.69, 9.17) is 0 Å². The summed E-state index contributed by atoms with van der Waals surface area (Å²) in [6.07, 6.45) is 2.02. The Morgan fingerprint density at radius 1 is 1.16 bits per heavy atom. The van der Waals surface area contributed by atoms with Gasteiger partial charge < -0.3 is 4.90 Å². The van der Waals surface area contributed by atoms with Crippen LogP contribution in [-0.2, 0) is 0 Å². The molecule has 5 nitrogen and oxygen atoms in total. The number of aromatic nitrogens is 3. The van der Waals surface area contributed by atoms with E-state index in [2.05, 4.69) is 28.7 Å². The van der Waals surface area contributed by atoms with Gasteiger partial charge in [-0.15, -0.1) is 0 Å². The second-order valence-corrected chi connectivity index (χ2v) is 4.65. The molecule has 2 heterocycles. The number of hydrogen-bond acceptors (Lipinski definition) is 4. The summed E-state index contributed by atoms with van der Waals surface area (Å²) in [6.45, 7) is 7.85. The molecule has 19 heavy (non-hydrogen) atoms. The van der Waals surface area contributed by atoms with Gasteiger partial charge in [-0.1, -0.05) is 19.9 Å². The summed E-state index contributed by atoms with van der Waals surface area (Å²) in [4.78, 5) is 22.8. The summed E-state index contributed by atoms with van der Waals surface area (Å²) < 4.78 is 1.54. The van der Waals surface area contributed by atoms with E-state index < -0.39 is 0 Å². The lowest BCUT2D eigenvalue weighted by atomic mass is 10.3. The molecule has 2 rings (SSSR count). The molecule has 0 spiro atoms. The number of anilines is 1. The van der Waals surface area contributed by atoms with Crippen molar-refractivity contribution in [2.24, 2.45) is 0 Å². The van der Waals surface area contributed by atoms with Gasteiger partial charge in [0.15, 0.2) is 0 Å². The molecule has 102 valence electrons. The molecule has 0 bridgehead atoms. The van der Waals surface area contributed by atoms with E-state index in [-0.39, 0.29) is 5.69 Å². The van der Waals surface area contributed by atoms with Crippen molar-refractivity contribution in [3.63, 3.8) is 0 Å². The largest absolute Gasteiger partial charge is 0.356 e. The molecule has 0 unspecified atom stereocenters. The second-order valence-electron chi connectivity index (χ2n) is 4.65. The van der Waals surface area contributed by atoms with Gasteiger partial charge in [0.05, 0.1) is 0 Å². The molecule has 0 aliphatic heterocycles. The quantitative estimate of drug-likeness (QED) is 0.825. The third-order valence-electron chi connectivity index (χ3n) is 3.04. The van der Waals surface area contributed by atoms with Crippen molar-refractivity contribution >= 4 is 11.6 Å². The number of hydrogen-bond donors (Lipinski definition) is 0. The maximum Gasteiger partial charge on any atom is 0.356 e. The van der Waals surface area contributed by atoms with Crippen LogP contribution in [0.1, 0.15) is 32.4 Å². The SMILES string of the molecule is CCCN(CCC)c1nc(=O)n2c(C)cccc2n1. The van der Waals surface area contributed by atoms with Gasteiger partial charge in [-0.05, 0) is 31.9 Å². The first-order valence-electron chi connectivity index (χ1n) is 6.78. The molecule has 0 aromatic carbocycles. The van der Waals surface area contributed by atoms with Crippen LogP contribution in [0.4, 0.5) is 5.95 Å². The van der Waals surface area contributed by atoms with Crippen molar-refractivity contribution in [2.75, 3.05) is 18.0 Å². The molecular formula is C14H20N4O. The first-order valence-corrected chi connectivity index (χ1v) is 6.78. The third-order valence-corrected chi connectivity index (χ3v) is 3.04. The van der Waals surface area contributed by atoms with Crippen molar-refractivity contribution in [1.29, 1.82) is 0 Å². The Balaban J connectivity index is 2.53. The van der Waals surface area contributed by atoms with Gasteiger partial charge in [-0.2, -0.15) is 9.97 Å². The van der Waals surface area contributed by atoms with Crippen LogP contribution < -0.4 is 10.6 Å². The van der Waals surface area contributed by atoms with Crippen molar-refractivity contribution in [1.82, 2.24) is 14.4 Å². The molecule has 0 saturated heterocycles. The van der Waals surface area contributed by atoms with E-state index in [9.17, 15) is 4.79 Å². The molecule has 0 aliphatic rings. The number of nitrogens with zero attached hydrogens (tertiary/aromatic N) is 4. The average molecular weight is 260 g/mol. The van der Waals surface area contributed by atoms with Crippen molar-refractivity contribution < 1.29 is 0 Å². The summed E-state index contributed by atoms with van der Waals surface area (Å²) in [7, 11) is 0. The molecule has 0 saturated carbocycles. The van der Waals surface area contributed by atoms with E-state index in [0.717, 1.165) is 31.6 Å². The highest BCUT2D eigenvalue weighted by atomic mass is 16.1. The van der Waals surface area contributed by atoms with E-state index in [1.165, 1.54) is 0 Å². The fourth-order valence-electron chi connectivity index (χ4n) is 2.20. The lowest BCUT2D eigenvalue weighted by Gasteiger charge is -2.21. The molecule has 2 aromatic heterocycles. The number of rotatable bonds is 5. The third kappa shape index (κ3) is 2.75. The van der Waals surface area contributed by atoms with Gasteiger partial charge in [-0.25, -0.2) is 9.20 Å². The van der Waals surface area contributed by atoms with E-state index >= 15 is 0 Å². The van der Waals surface area contributed by atoms with E-state index in [0.29, 0.717) is 11.6 Å². The minimum Gasteiger partial charge on any atom is -0.341 e. The van der Waals surface area contributed by atoms with Crippen LogP contribution in [0.15, 0.2) is 23.0 Å². The zero-order valence-corrected chi connectivity index (χ0v) is 11.8. The van der Waals surface area contributed by atoms with Crippen molar-refractivity contribution in [2.45, 2.75) is 33.6 Å². The van der Waals surface area contributed by atoms with Gasteiger partial charge in [0.2, 0.25) is 5.95 Å². The normalized spacial score (nSPS) is 10.9. The number of pyridine rings is 1. The van der Waals surface area contributed by atoms with Gasteiger partial charge in [0, 0.05) is 18.8 Å². The minimum atomic E-state index is -0.254. The molecule has 5 heteroatoms. The Labute approximate surface area is 112 Å². The maximum atomic E-state index is 12.1. The Hall–Kier alpha value is -1.91. The highest BCUT2D eigenvalue weighted by molar-refractivity contribution is 5.44. The highest BCUT2D eigenvalue weighted by Crippen LogP contribution is 2.09. The molecule has 2 aromatic rings. The summed E-state index contributed by atoms with van der Waals surface area (Å²) in [5.74, 6) is 0.541. The zero-order chi connectivity index (χ0) is 13.8. The van der Waals surface area contributed by atoms with Crippen molar-refractivity contribution in [3.8, 4) is 0 Å². The van der Waals surface area contributed by atoms with Gasteiger partial charge in [0.1, 0.15) is 5.65 Å². The number of aryl methyl sites for hydroxylation is 1. The van der Waals surface area contributed by atoms with Gasteiger partial charge in [0.25, 0.3) is 0 Å². The molecular weight excluding hydrogens is 240 g/mol. The first-order chi connectivity index (χ1) is 9.17. The summed E-state index contributed by atoms with van der Waals surface area (Å²) in [6, 6.07) is 5.63. The van der Waals surface area contributed by atoms with Crippen LogP contribution in [0, 0.1) is 6.92 Å². The fraction of sp³-hybridized carbons (Fsp3) is 0.500. The molecule has 0 N–H and O–H groups in total. The fourth-order valence-corrected chi connectivity index (χ4v) is 2.20. The van der Waals surface area contributed by atoms with Crippen LogP contribution in [0.3, 0.4) is 0 Å². The lowest BCUT2D eigenvalue weighted by Crippen LogP contribution is -2.31. The minimum absolute atomic E-state index is 0.254. The van der Waals surface area contributed by atoms with Gasteiger partial charge >= 0.3 is 5.69 Å². The average Bonchev–Trinajstić information content (AvgIpc) is 2.38. The Bertz CT molecular complexity index is 614. The monoisotopic (exact) mass is 260 g/mol. The zero-order valence-electron chi connectivity index (χ0n) is 11.8. The topological polar surface area (TPSA) is 50.5 Å². The van der Waals surface area contributed by atoms with E-state index in [1.807, 2.05) is 25.1 Å². The summed E-state index contributed by atoms with van der Waals surface area (Å²) >= 11 is 0.